The molecule has 134 valence electrons. The highest BCUT2D eigenvalue weighted by Gasteiger charge is 2.17. The van der Waals surface area contributed by atoms with Crippen molar-refractivity contribution in [2.45, 2.75) is 13.1 Å². The summed E-state index contributed by atoms with van der Waals surface area (Å²) in [6.45, 7) is 6.25. The van der Waals surface area contributed by atoms with Crippen molar-refractivity contribution in [3.63, 3.8) is 0 Å². The number of para-hydroxylation sites is 1. The summed E-state index contributed by atoms with van der Waals surface area (Å²) in [5.74, 6) is 0. The van der Waals surface area contributed by atoms with Gasteiger partial charge in [0.25, 0.3) is 0 Å². The number of nitrogens with zero attached hydrogens (tertiary/aromatic N) is 4. The van der Waals surface area contributed by atoms with Gasteiger partial charge in [-0.25, -0.2) is 4.68 Å². The highest BCUT2D eigenvalue weighted by atomic mass is 35.5. The Kier molecular flexibility index (Phi) is 5.34. The summed E-state index contributed by atoms with van der Waals surface area (Å²) < 4.78 is 1.95. The molecule has 0 amide bonds. The average Bonchev–Trinajstić information content (AvgIpc) is 3.13. The molecule has 0 aliphatic carbocycles. The van der Waals surface area contributed by atoms with E-state index in [1.165, 1.54) is 11.1 Å². The average molecular weight is 367 g/mol. The summed E-state index contributed by atoms with van der Waals surface area (Å²) in [6, 6.07) is 18.4. The first-order valence-electron chi connectivity index (χ1n) is 9.04. The number of halogens is 1. The minimum absolute atomic E-state index is 0.816. The van der Waals surface area contributed by atoms with Crippen LogP contribution in [-0.2, 0) is 13.1 Å². The van der Waals surface area contributed by atoms with Gasteiger partial charge < -0.3 is 0 Å². The standard InChI is InChI=1S/C21H23ClN4/c22-20-6-4-5-18(13-20)15-24-9-11-25(12-10-24)16-19-14-23-26(17-19)21-7-2-1-3-8-21/h1-8,13-14,17H,9-12,15-16H2. The molecule has 1 aliphatic heterocycles. The maximum Gasteiger partial charge on any atom is 0.0645 e. The molecule has 2 heterocycles. The third kappa shape index (κ3) is 4.33. The Morgan fingerprint density at radius 1 is 0.808 bits per heavy atom. The first-order chi connectivity index (χ1) is 12.8. The Labute approximate surface area is 159 Å². The second-order valence-corrected chi connectivity index (χ2v) is 7.25. The first kappa shape index (κ1) is 17.3. The van der Waals surface area contributed by atoms with Crippen LogP contribution in [0.5, 0.6) is 0 Å². The van der Waals surface area contributed by atoms with E-state index in [1.54, 1.807) is 0 Å². The fourth-order valence-electron chi connectivity index (χ4n) is 3.42. The molecule has 26 heavy (non-hydrogen) atoms. The largest absolute Gasteiger partial charge is 0.297 e. The summed E-state index contributed by atoms with van der Waals surface area (Å²) in [7, 11) is 0. The van der Waals surface area contributed by atoms with Crippen LogP contribution in [0.3, 0.4) is 0 Å². The first-order valence-corrected chi connectivity index (χ1v) is 9.42. The van der Waals surface area contributed by atoms with Crippen LogP contribution >= 0.6 is 11.6 Å². The molecule has 1 aliphatic rings. The van der Waals surface area contributed by atoms with Gasteiger partial charge >= 0.3 is 0 Å². The third-order valence-electron chi connectivity index (χ3n) is 4.82. The lowest BCUT2D eigenvalue weighted by atomic mass is 10.2. The van der Waals surface area contributed by atoms with Crippen LogP contribution in [-0.4, -0.2) is 45.8 Å². The molecule has 1 aromatic heterocycles. The molecule has 0 atom stereocenters. The molecular weight excluding hydrogens is 344 g/mol. The third-order valence-corrected chi connectivity index (χ3v) is 5.06. The number of piperazine rings is 1. The van der Waals surface area contributed by atoms with Crippen molar-refractivity contribution < 1.29 is 0 Å². The molecule has 0 spiro atoms. The van der Waals surface area contributed by atoms with E-state index in [1.807, 2.05) is 41.2 Å². The minimum atomic E-state index is 0.816. The maximum absolute atomic E-state index is 6.09. The van der Waals surface area contributed by atoms with Gasteiger partial charge in [0.15, 0.2) is 0 Å². The number of aromatic nitrogens is 2. The molecule has 0 saturated carbocycles. The Balaban J connectivity index is 1.29. The molecule has 0 N–H and O–H groups in total. The second kappa shape index (κ2) is 8.04. The Morgan fingerprint density at radius 2 is 1.50 bits per heavy atom. The summed E-state index contributed by atoms with van der Waals surface area (Å²) >= 11 is 6.09. The van der Waals surface area contributed by atoms with Crippen LogP contribution in [0.4, 0.5) is 0 Å². The highest BCUT2D eigenvalue weighted by molar-refractivity contribution is 6.30. The second-order valence-electron chi connectivity index (χ2n) is 6.81. The Hall–Kier alpha value is -2.14. The smallest absolute Gasteiger partial charge is 0.0645 e. The fraction of sp³-hybridized carbons (Fsp3) is 0.286. The normalized spacial score (nSPS) is 16.0. The van der Waals surface area contributed by atoms with Crippen LogP contribution < -0.4 is 0 Å². The van der Waals surface area contributed by atoms with E-state index >= 15 is 0 Å². The lowest BCUT2D eigenvalue weighted by Crippen LogP contribution is -2.45. The Morgan fingerprint density at radius 3 is 2.19 bits per heavy atom. The summed E-state index contributed by atoms with van der Waals surface area (Å²) in [5.41, 5.74) is 3.65. The predicted molar refractivity (Wildman–Crippen MR) is 106 cm³/mol. The zero-order valence-corrected chi connectivity index (χ0v) is 15.5. The van der Waals surface area contributed by atoms with Crippen molar-refractivity contribution in [2.24, 2.45) is 0 Å². The number of rotatable bonds is 5. The topological polar surface area (TPSA) is 24.3 Å². The molecular formula is C21H23ClN4. The van der Waals surface area contributed by atoms with Crippen molar-refractivity contribution in [2.75, 3.05) is 26.2 Å². The fourth-order valence-corrected chi connectivity index (χ4v) is 3.63. The molecule has 4 rings (SSSR count). The molecule has 1 saturated heterocycles. The van der Waals surface area contributed by atoms with Gasteiger partial charge in [0.1, 0.15) is 0 Å². The molecule has 0 unspecified atom stereocenters. The monoisotopic (exact) mass is 366 g/mol. The van der Waals surface area contributed by atoms with Crippen molar-refractivity contribution in [1.82, 2.24) is 19.6 Å². The number of hydrogen-bond donors (Lipinski definition) is 0. The van der Waals surface area contributed by atoms with E-state index in [2.05, 4.69) is 45.4 Å². The van der Waals surface area contributed by atoms with Crippen LogP contribution in [0, 0.1) is 0 Å². The van der Waals surface area contributed by atoms with E-state index in [0.717, 1.165) is 50.0 Å². The van der Waals surface area contributed by atoms with E-state index in [9.17, 15) is 0 Å². The van der Waals surface area contributed by atoms with Crippen molar-refractivity contribution in [3.8, 4) is 5.69 Å². The quantitative estimate of drug-likeness (QED) is 0.685. The van der Waals surface area contributed by atoms with E-state index in [-0.39, 0.29) is 0 Å². The van der Waals surface area contributed by atoms with Gasteiger partial charge in [-0.15, -0.1) is 0 Å². The number of benzene rings is 2. The van der Waals surface area contributed by atoms with E-state index in [0.29, 0.717) is 0 Å². The van der Waals surface area contributed by atoms with Crippen molar-refractivity contribution in [1.29, 1.82) is 0 Å². The summed E-state index contributed by atoms with van der Waals surface area (Å²) in [6.07, 6.45) is 4.11. The van der Waals surface area contributed by atoms with Crippen LogP contribution in [0.25, 0.3) is 5.69 Å². The molecule has 2 aromatic carbocycles. The lowest BCUT2D eigenvalue weighted by molar-refractivity contribution is 0.122. The van der Waals surface area contributed by atoms with Gasteiger partial charge in [-0.1, -0.05) is 41.9 Å². The van der Waals surface area contributed by atoms with Crippen LogP contribution in [0.15, 0.2) is 67.0 Å². The number of hydrogen-bond acceptors (Lipinski definition) is 3. The molecule has 5 heteroatoms. The maximum atomic E-state index is 6.09. The minimum Gasteiger partial charge on any atom is -0.297 e. The highest BCUT2D eigenvalue weighted by Crippen LogP contribution is 2.15. The van der Waals surface area contributed by atoms with Crippen molar-refractivity contribution >= 4 is 11.6 Å². The molecule has 0 bridgehead atoms. The summed E-state index contributed by atoms with van der Waals surface area (Å²) in [5, 5.41) is 5.31. The molecule has 4 nitrogen and oxygen atoms in total. The van der Waals surface area contributed by atoms with Gasteiger partial charge in [0.05, 0.1) is 11.9 Å². The van der Waals surface area contributed by atoms with Gasteiger partial charge in [-0.3, -0.25) is 9.80 Å². The van der Waals surface area contributed by atoms with Crippen LogP contribution in [0.1, 0.15) is 11.1 Å². The van der Waals surface area contributed by atoms with Gasteiger partial charge in [0.2, 0.25) is 0 Å². The van der Waals surface area contributed by atoms with Gasteiger partial charge in [-0.05, 0) is 29.8 Å². The zero-order valence-electron chi connectivity index (χ0n) is 14.8. The molecule has 0 radical (unpaired) electrons. The van der Waals surface area contributed by atoms with Gasteiger partial charge in [-0.2, -0.15) is 5.10 Å². The SMILES string of the molecule is Clc1cccc(CN2CCN(Cc3cnn(-c4ccccc4)c3)CC2)c1. The van der Waals surface area contributed by atoms with E-state index < -0.39 is 0 Å². The molecule has 3 aromatic rings. The van der Waals surface area contributed by atoms with Gasteiger partial charge in [0, 0.05) is 56.1 Å². The zero-order chi connectivity index (χ0) is 17.8. The summed E-state index contributed by atoms with van der Waals surface area (Å²) in [4.78, 5) is 5.00. The van der Waals surface area contributed by atoms with E-state index in [4.69, 9.17) is 11.6 Å². The van der Waals surface area contributed by atoms with Crippen LogP contribution in [0.2, 0.25) is 5.02 Å². The Bertz CT molecular complexity index is 838. The lowest BCUT2D eigenvalue weighted by Gasteiger charge is -2.34. The van der Waals surface area contributed by atoms with Crippen molar-refractivity contribution in [3.05, 3.63) is 83.1 Å². The molecule has 1 fully saturated rings. The predicted octanol–water partition coefficient (Wildman–Crippen LogP) is 3.84.